The van der Waals surface area contributed by atoms with Gasteiger partial charge in [-0.2, -0.15) is 0 Å². The highest BCUT2D eigenvalue weighted by Gasteiger charge is 2.54. The number of hydrogen-bond donors (Lipinski definition) is 1. The molecule has 2 aromatic carbocycles. The van der Waals surface area contributed by atoms with Gasteiger partial charge in [0, 0.05) is 24.9 Å². The number of para-hydroxylation sites is 2. The van der Waals surface area contributed by atoms with Crippen LogP contribution in [0.15, 0.2) is 42.5 Å². The third-order valence-electron chi connectivity index (χ3n) is 9.41. The predicted molar refractivity (Wildman–Crippen MR) is 148 cm³/mol. The quantitative estimate of drug-likeness (QED) is 0.329. The summed E-state index contributed by atoms with van der Waals surface area (Å²) in [5.74, 6) is 4.71. The van der Waals surface area contributed by atoms with Crippen molar-refractivity contribution in [1.82, 2.24) is 14.9 Å². The minimum atomic E-state index is -0.0785. The van der Waals surface area contributed by atoms with Gasteiger partial charge in [-0.15, -0.1) is 0 Å². The Morgan fingerprint density at radius 2 is 1.73 bits per heavy atom. The predicted octanol–water partition coefficient (Wildman–Crippen LogP) is 6.39. The second kappa shape index (κ2) is 10.2. The summed E-state index contributed by atoms with van der Waals surface area (Å²) in [5, 5.41) is 3.35. The summed E-state index contributed by atoms with van der Waals surface area (Å²) < 4.78 is 8.35. The van der Waals surface area contributed by atoms with Crippen LogP contribution in [0, 0.1) is 37.0 Å². The van der Waals surface area contributed by atoms with Crippen LogP contribution in [0.3, 0.4) is 0 Å². The number of hydrogen-bond acceptors (Lipinski definition) is 3. The van der Waals surface area contributed by atoms with Gasteiger partial charge in [-0.05, 0) is 118 Å². The lowest BCUT2D eigenvalue weighted by Crippen LogP contribution is -2.53. The number of nitrogens with one attached hydrogen (secondary N) is 1. The van der Waals surface area contributed by atoms with Gasteiger partial charge in [0.1, 0.15) is 11.6 Å². The van der Waals surface area contributed by atoms with Crippen molar-refractivity contribution in [2.45, 2.75) is 78.2 Å². The Hall–Kier alpha value is -2.82. The van der Waals surface area contributed by atoms with E-state index in [0.29, 0.717) is 19.1 Å². The molecule has 196 valence electrons. The molecule has 0 unspecified atom stereocenters. The Balaban J connectivity index is 1.04. The number of aryl methyl sites for hydroxylation is 3. The minimum Gasteiger partial charge on any atom is -0.494 e. The summed E-state index contributed by atoms with van der Waals surface area (Å²) >= 11 is 0. The van der Waals surface area contributed by atoms with E-state index in [0.717, 1.165) is 79.9 Å². The largest absolute Gasteiger partial charge is 0.494 e. The second-order valence-corrected chi connectivity index (χ2v) is 12.2. The van der Waals surface area contributed by atoms with E-state index in [1.54, 1.807) is 0 Å². The summed E-state index contributed by atoms with van der Waals surface area (Å²) in [5.41, 5.74) is 4.70. The van der Waals surface area contributed by atoms with Crippen LogP contribution in [-0.2, 0) is 17.8 Å². The number of unbranched alkanes of at least 4 members (excludes halogenated alkanes) is 1. The Labute approximate surface area is 221 Å². The van der Waals surface area contributed by atoms with Crippen LogP contribution in [-0.4, -0.2) is 28.6 Å². The van der Waals surface area contributed by atoms with Crippen molar-refractivity contribution in [3.63, 3.8) is 0 Å². The van der Waals surface area contributed by atoms with Gasteiger partial charge in [-0.25, -0.2) is 4.98 Å². The molecule has 0 radical (unpaired) electrons. The zero-order valence-electron chi connectivity index (χ0n) is 22.5. The van der Waals surface area contributed by atoms with Gasteiger partial charge in [0.15, 0.2) is 0 Å². The lowest BCUT2D eigenvalue weighted by atomic mass is 9.49. The molecule has 5 nitrogen and oxygen atoms in total. The zero-order chi connectivity index (χ0) is 25.4. The monoisotopic (exact) mass is 499 g/mol. The van der Waals surface area contributed by atoms with Crippen LogP contribution in [0.25, 0.3) is 11.0 Å². The maximum absolute atomic E-state index is 13.4. The molecule has 4 fully saturated rings. The van der Waals surface area contributed by atoms with Gasteiger partial charge in [0.2, 0.25) is 5.91 Å². The highest BCUT2D eigenvalue weighted by Crippen LogP contribution is 2.60. The molecule has 0 atom stereocenters. The molecule has 4 aliphatic carbocycles. The number of rotatable bonds is 10. The highest BCUT2D eigenvalue weighted by molar-refractivity contribution is 5.83. The molecule has 1 N–H and O–H groups in total. The molecule has 1 aromatic heterocycles. The number of carbonyl (C=O) groups is 1. The smallest absolute Gasteiger partial charge is 0.226 e. The van der Waals surface area contributed by atoms with Crippen molar-refractivity contribution in [2.75, 3.05) is 13.2 Å². The summed E-state index contributed by atoms with van der Waals surface area (Å²) in [4.78, 5) is 18.3. The fourth-order valence-corrected chi connectivity index (χ4v) is 7.80. The van der Waals surface area contributed by atoms with Crippen molar-refractivity contribution >= 4 is 16.9 Å². The summed E-state index contributed by atoms with van der Waals surface area (Å²) in [6, 6.07) is 14.7. The van der Waals surface area contributed by atoms with E-state index in [2.05, 4.69) is 66.2 Å². The van der Waals surface area contributed by atoms with Crippen LogP contribution in [0.2, 0.25) is 0 Å². The summed E-state index contributed by atoms with van der Waals surface area (Å²) in [7, 11) is 0. The van der Waals surface area contributed by atoms with Gasteiger partial charge in [0.05, 0.1) is 17.6 Å². The molecule has 3 aromatic rings. The number of imidazole rings is 1. The fourth-order valence-electron chi connectivity index (χ4n) is 7.80. The molecule has 7 rings (SSSR count). The van der Waals surface area contributed by atoms with E-state index < -0.39 is 0 Å². The summed E-state index contributed by atoms with van der Waals surface area (Å²) in [6.45, 7) is 6.54. The van der Waals surface area contributed by atoms with E-state index in [-0.39, 0.29) is 5.41 Å². The van der Waals surface area contributed by atoms with Crippen molar-refractivity contribution in [1.29, 1.82) is 0 Å². The van der Waals surface area contributed by atoms with Gasteiger partial charge >= 0.3 is 0 Å². The molecule has 4 saturated carbocycles. The van der Waals surface area contributed by atoms with E-state index in [9.17, 15) is 4.79 Å². The Morgan fingerprint density at radius 3 is 2.46 bits per heavy atom. The molecular weight excluding hydrogens is 458 g/mol. The number of carbonyl (C=O) groups excluding carboxylic acids is 1. The van der Waals surface area contributed by atoms with Gasteiger partial charge in [-0.1, -0.05) is 18.2 Å². The molecule has 4 bridgehead atoms. The van der Waals surface area contributed by atoms with Crippen LogP contribution < -0.4 is 10.1 Å². The standard InChI is InChI=1S/C32H41N3O2/c1-22-9-10-27(15-23(22)2)37-14-6-5-13-35-29-8-4-3-7-28(29)34-30(35)11-12-33-31(36)32-19-24-16-25(20-32)18-26(17-24)21-32/h3-4,7-10,15,24-26H,5-6,11-14,16-21H2,1-2H3,(H,33,36). The SMILES string of the molecule is Cc1ccc(OCCCCn2c(CCNC(=O)C34CC5CC(CC(C5)C3)C4)nc3ccccc32)cc1C. The Kier molecular flexibility index (Phi) is 6.73. The third-order valence-corrected chi connectivity index (χ3v) is 9.41. The average molecular weight is 500 g/mol. The van der Waals surface area contributed by atoms with Crippen molar-refractivity contribution in [3.8, 4) is 5.75 Å². The van der Waals surface area contributed by atoms with Gasteiger partial charge < -0.3 is 14.6 Å². The molecule has 0 spiro atoms. The molecule has 1 heterocycles. The number of fused-ring (bicyclic) bond motifs is 1. The normalized spacial score (nSPS) is 26.1. The molecule has 0 saturated heterocycles. The first kappa shape index (κ1) is 24.5. The highest BCUT2D eigenvalue weighted by atomic mass is 16.5. The van der Waals surface area contributed by atoms with E-state index in [1.165, 1.54) is 35.9 Å². The maximum atomic E-state index is 13.4. The first-order valence-electron chi connectivity index (χ1n) is 14.4. The zero-order valence-corrected chi connectivity index (χ0v) is 22.5. The van der Waals surface area contributed by atoms with E-state index in [4.69, 9.17) is 9.72 Å². The third kappa shape index (κ3) is 5.02. The molecular formula is C32H41N3O2. The Bertz CT molecular complexity index is 1240. The fraction of sp³-hybridized carbons (Fsp3) is 0.562. The Morgan fingerprint density at radius 1 is 1.00 bits per heavy atom. The summed E-state index contributed by atoms with van der Waals surface area (Å²) in [6.07, 6.45) is 10.2. The second-order valence-electron chi connectivity index (χ2n) is 12.2. The first-order valence-corrected chi connectivity index (χ1v) is 14.4. The number of benzene rings is 2. The topological polar surface area (TPSA) is 56.1 Å². The molecule has 5 heteroatoms. The molecule has 37 heavy (non-hydrogen) atoms. The van der Waals surface area contributed by atoms with Crippen molar-refractivity contribution in [2.24, 2.45) is 23.2 Å². The van der Waals surface area contributed by atoms with Crippen LogP contribution >= 0.6 is 0 Å². The molecule has 1 amide bonds. The minimum absolute atomic E-state index is 0.0785. The number of amides is 1. The lowest BCUT2D eigenvalue weighted by Gasteiger charge is -2.55. The van der Waals surface area contributed by atoms with Crippen molar-refractivity contribution < 1.29 is 9.53 Å². The van der Waals surface area contributed by atoms with Crippen molar-refractivity contribution in [3.05, 3.63) is 59.4 Å². The van der Waals surface area contributed by atoms with Crippen LogP contribution in [0.1, 0.15) is 68.3 Å². The lowest BCUT2D eigenvalue weighted by molar-refractivity contribution is -0.146. The number of ether oxygens (including phenoxy) is 1. The number of aromatic nitrogens is 2. The van der Waals surface area contributed by atoms with Gasteiger partial charge in [-0.3, -0.25) is 4.79 Å². The van der Waals surface area contributed by atoms with Gasteiger partial charge in [0.25, 0.3) is 0 Å². The average Bonchev–Trinajstić information content (AvgIpc) is 3.22. The molecule has 4 aliphatic rings. The van der Waals surface area contributed by atoms with Crippen LogP contribution in [0.4, 0.5) is 0 Å². The first-order chi connectivity index (χ1) is 18.0. The maximum Gasteiger partial charge on any atom is 0.226 e. The van der Waals surface area contributed by atoms with E-state index in [1.807, 2.05) is 0 Å². The van der Waals surface area contributed by atoms with E-state index >= 15 is 0 Å². The molecule has 0 aliphatic heterocycles. The van der Waals surface area contributed by atoms with Crippen LogP contribution in [0.5, 0.6) is 5.75 Å². The number of nitrogens with zero attached hydrogens (tertiary/aromatic N) is 2.